The van der Waals surface area contributed by atoms with Gasteiger partial charge in [0, 0.05) is 12.5 Å². The highest BCUT2D eigenvalue weighted by atomic mass is 19.4. The molecule has 0 spiro atoms. The summed E-state index contributed by atoms with van der Waals surface area (Å²) in [6.45, 7) is 0.913. The second-order valence-electron chi connectivity index (χ2n) is 5.55. The van der Waals surface area contributed by atoms with E-state index in [2.05, 4.69) is 10.4 Å². The predicted octanol–water partition coefficient (Wildman–Crippen LogP) is 3.31. The average molecular weight is 325 g/mol. The quantitative estimate of drug-likeness (QED) is 0.874. The molecule has 0 fully saturated rings. The van der Waals surface area contributed by atoms with Gasteiger partial charge in [-0.3, -0.25) is 0 Å². The maximum atomic E-state index is 13.3. The largest absolute Gasteiger partial charge is 0.486 e. The Hall–Kier alpha value is -2.38. The summed E-state index contributed by atoms with van der Waals surface area (Å²) < 4.78 is 51.9. The van der Waals surface area contributed by atoms with Gasteiger partial charge in [0.2, 0.25) is 0 Å². The zero-order chi connectivity index (χ0) is 16.0. The van der Waals surface area contributed by atoms with Crippen LogP contribution in [-0.2, 0) is 0 Å². The Bertz CT molecular complexity index is 729. The van der Waals surface area contributed by atoms with Crippen LogP contribution in [0.1, 0.15) is 24.1 Å². The van der Waals surface area contributed by atoms with Gasteiger partial charge in [-0.05, 0) is 17.7 Å². The van der Waals surface area contributed by atoms with Crippen molar-refractivity contribution in [1.82, 2.24) is 9.78 Å². The average Bonchev–Trinajstić information content (AvgIpc) is 3.00. The zero-order valence-corrected chi connectivity index (χ0v) is 12.0. The highest BCUT2D eigenvalue weighted by Crippen LogP contribution is 2.44. The number of fused-ring (bicyclic) bond motifs is 2. The van der Waals surface area contributed by atoms with E-state index >= 15 is 0 Å². The second-order valence-corrected chi connectivity index (χ2v) is 5.55. The molecule has 3 heterocycles. The van der Waals surface area contributed by atoms with Crippen LogP contribution in [0.25, 0.3) is 0 Å². The van der Waals surface area contributed by atoms with Gasteiger partial charge in [0.15, 0.2) is 17.5 Å². The number of ether oxygens (including phenoxy) is 2. The number of hydrogen-bond donors (Lipinski definition) is 1. The highest BCUT2D eigenvalue weighted by molar-refractivity contribution is 5.48. The Morgan fingerprint density at radius 3 is 2.70 bits per heavy atom. The van der Waals surface area contributed by atoms with Gasteiger partial charge in [0.25, 0.3) is 0 Å². The van der Waals surface area contributed by atoms with Crippen molar-refractivity contribution >= 4 is 5.82 Å². The molecule has 2 aliphatic rings. The van der Waals surface area contributed by atoms with E-state index in [1.165, 1.54) is 6.20 Å². The van der Waals surface area contributed by atoms with Crippen molar-refractivity contribution < 1.29 is 22.6 Å². The highest BCUT2D eigenvalue weighted by Gasteiger charge is 2.46. The lowest BCUT2D eigenvalue weighted by Gasteiger charge is -2.34. The van der Waals surface area contributed by atoms with Gasteiger partial charge in [0.05, 0.1) is 12.2 Å². The molecule has 0 aliphatic carbocycles. The fourth-order valence-electron chi connectivity index (χ4n) is 3.01. The summed E-state index contributed by atoms with van der Waals surface area (Å²) in [6.07, 6.45) is -3.11. The summed E-state index contributed by atoms with van der Waals surface area (Å²) in [5, 5.41) is 6.90. The number of rotatable bonds is 1. The third-order valence-electron chi connectivity index (χ3n) is 4.09. The smallest absolute Gasteiger partial charge is 0.410 e. The van der Waals surface area contributed by atoms with Crippen LogP contribution in [-0.4, -0.2) is 29.2 Å². The van der Waals surface area contributed by atoms with Crippen LogP contribution in [0.5, 0.6) is 11.5 Å². The van der Waals surface area contributed by atoms with Gasteiger partial charge in [0.1, 0.15) is 19.0 Å². The van der Waals surface area contributed by atoms with E-state index < -0.39 is 18.3 Å². The molecule has 2 aromatic rings. The summed E-state index contributed by atoms with van der Waals surface area (Å²) in [5.74, 6) is 1.55. The van der Waals surface area contributed by atoms with Gasteiger partial charge in [-0.1, -0.05) is 6.07 Å². The number of anilines is 1. The molecular formula is C15H14F3N3O2. The first-order valence-electron chi connectivity index (χ1n) is 7.29. The topological polar surface area (TPSA) is 48.3 Å². The van der Waals surface area contributed by atoms with E-state index in [1.54, 1.807) is 24.3 Å². The number of halogens is 3. The van der Waals surface area contributed by atoms with Crippen LogP contribution in [0.2, 0.25) is 0 Å². The van der Waals surface area contributed by atoms with E-state index in [9.17, 15) is 13.2 Å². The number of alkyl halides is 3. The SMILES string of the molecule is FC(F)(F)[C@H]1C[C@@H](c2ccc3c(c2)OCCO3)Nc2ccnn21. The summed E-state index contributed by atoms with van der Waals surface area (Å²) in [7, 11) is 0. The van der Waals surface area contributed by atoms with Crippen LogP contribution in [0, 0.1) is 0 Å². The molecule has 5 nitrogen and oxygen atoms in total. The lowest BCUT2D eigenvalue weighted by molar-refractivity contribution is -0.173. The van der Waals surface area contributed by atoms with Gasteiger partial charge in [-0.25, -0.2) is 4.68 Å². The van der Waals surface area contributed by atoms with Crippen LogP contribution >= 0.6 is 0 Å². The summed E-state index contributed by atoms with van der Waals surface area (Å²) in [6, 6.07) is 4.67. The van der Waals surface area contributed by atoms with Crippen LogP contribution in [0.4, 0.5) is 19.0 Å². The monoisotopic (exact) mass is 325 g/mol. The van der Waals surface area contributed by atoms with Crippen molar-refractivity contribution in [2.75, 3.05) is 18.5 Å². The molecule has 0 amide bonds. The molecule has 0 radical (unpaired) electrons. The minimum absolute atomic E-state index is 0.127. The molecule has 4 rings (SSSR count). The number of aromatic nitrogens is 2. The predicted molar refractivity (Wildman–Crippen MR) is 75.7 cm³/mol. The molecule has 2 aliphatic heterocycles. The molecule has 0 unspecified atom stereocenters. The standard InChI is InChI=1S/C15H14F3N3O2/c16-15(17,18)13-8-10(20-14-3-4-19-21(13)14)9-1-2-11-12(7-9)23-6-5-22-11/h1-4,7,10,13,20H,5-6,8H2/t10-,13+/m0/s1. The number of nitrogens with one attached hydrogen (secondary N) is 1. The molecule has 1 N–H and O–H groups in total. The maximum absolute atomic E-state index is 13.3. The lowest BCUT2D eigenvalue weighted by atomic mass is 9.96. The first-order chi connectivity index (χ1) is 11.0. The third kappa shape index (κ3) is 2.47. The van der Waals surface area contributed by atoms with E-state index in [1.807, 2.05) is 0 Å². The Morgan fingerprint density at radius 1 is 1.13 bits per heavy atom. The molecule has 23 heavy (non-hydrogen) atoms. The molecule has 1 aromatic carbocycles. The zero-order valence-electron chi connectivity index (χ0n) is 12.0. The minimum atomic E-state index is -4.35. The molecule has 1 aromatic heterocycles. The third-order valence-corrected chi connectivity index (χ3v) is 4.09. The van der Waals surface area contributed by atoms with Crippen LogP contribution in [0.15, 0.2) is 30.5 Å². The van der Waals surface area contributed by atoms with E-state index in [0.29, 0.717) is 30.5 Å². The maximum Gasteiger partial charge on any atom is 0.410 e. The van der Waals surface area contributed by atoms with Crippen LogP contribution < -0.4 is 14.8 Å². The number of nitrogens with zero attached hydrogens (tertiary/aromatic N) is 2. The van der Waals surface area contributed by atoms with Gasteiger partial charge >= 0.3 is 6.18 Å². The van der Waals surface area contributed by atoms with Crippen molar-refractivity contribution in [1.29, 1.82) is 0 Å². The van der Waals surface area contributed by atoms with Crippen molar-refractivity contribution in [3.05, 3.63) is 36.0 Å². The van der Waals surface area contributed by atoms with E-state index in [-0.39, 0.29) is 6.42 Å². The summed E-state index contributed by atoms with van der Waals surface area (Å²) in [5.41, 5.74) is 0.732. The number of hydrogen-bond acceptors (Lipinski definition) is 4. The Kier molecular flexibility index (Phi) is 3.14. The molecule has 122 valence electrons. The van der Waals surface area contributed by atoms with Crippen molar-refractivity contribution in [3.63, 3.8) is 0 Å². The minimum Gasteiger partial charge on any atom is -0.486 e. The Labute approximate surface area is 130 Å². The summed E-state index contributed by atoms with van der Waals surface area (Å²) in [4.78, 5) is 0. The first-order valence-corrected chi connectivity index (χ1v) is 7.29. The Balaban J connectivity index is 1.68. The lowest BCUT2D eigenvalue weighted by Crippen LogP contribution is -2.35. The van der Waals surface area contributed by atoms with Crippen molar-refractivity contribution in [3.8, 4) is 11.5 Å². The fourth-order valence-corrected chi connectivity index (χ4v) is 3.01. The first kappa shape index (κ1) is 14.2. The molecule has 0 saturated heterocycles. The van der Waals surface area contributed by atoms with Crippen molar-refractivity contribution in [2.24, 2.45) is 0 Å². The normalized spacial score (nSPS) is 23.1. The van der Waals surface area contributed by atoms with Gasteiger partial charge in [-0.2, -0.15) is 18.3 Å². The number of benzene rings is 1. The van der Waals surface area contributed by atoms with E-state index in [4.69, 9.17) is 9.47 Å². The fraction of sp³-hybridized carbons (Fsp3) is 0.400. The summed E-state index contributed by atoms with van der Waals surface area (Å²) >= 11 is 0. The van der Waals surface area contributed by atoms with Gasteiger partial charge < -0.3 is 14.8 Å². The second kappa shape index (κ2) is 5.07. The Morgan fingerprint density at radius 2 is 1.91 bits per heavy atom. The van der Waals surface area contributed by atoms with E-state index in [0.717, 1.165) is 10.2 Å². The van der Waals surface area contributed by atoms with Crippen molar-refractivity contribution in [2.45, 2.75) is 24.7 Å². The van der Waals surface area contributed by atoms with Crippen LogP contribution in [0.3, 0.4) is 0 Å². The molecule has 0 saturated carbocycles. The molecule has 8 heteroatoms. The molecule has 0 bridgehead atoms. The molecule has 2 atom stereocenters. The van der Waals surface area contributed by atoms with Gasteiger partial charge in [-0.15, -0.1) is 0 Å². The molecular weight excluding hydrogens is 311 g/mol.